The number of hydrogen-bond acceptors (Lipinski definition) is 5. The van der Waals surface area contributed by atoms with Gasteiger partial charge in [0.25, 0.3) is 5.91 Å². The van der Waals surface area contributed by atoms with Gasteiger partial charge in [0.2, 0.25) is 0 Å². The fourth-order valence-corrected chi connectivity index (χ4v) is 2.34. The number of nitrogens with two attached hydrogens (primary N) is 1. The van der Waals surface area contributed by atoms with Crippen molar-refractivity contribution in [2.24, 2.45) is 5.73 Å². The molecule has 20 heavy (non-hydrogen) atoms. The van der Waals surface area contributed by atoms with Crippen LogP contribution in [0.15, 0.2) is 29.6 Å². The molecule has 0 aliphatic heterocycles. The van der Waals surface area contributed by atoms with Crippen LogP contribution in [0.3, 0.4) is 0 Å². The highest BCUT2D eigenvalue weighted by atomic mass is 32.1. The quantitative estimate of drug-likeness (QED) is 0.847. The molecule has 1 aromatic carbocycles. The molecule has 0 bridgehead atoms. The Morgan fingerprint density at radius 2 is 1.95 bits per heavy atom. The minimum absolute atomic E-state index is 0.0102. The Morgan fingerprint density at radius 3 is 2.45 bits per heavy atom. The molecule has 0 fully saturated rings. The van der Waals surface area contributed by atoms with Crippen LogP contribution < -0.4 is 11.1 Å². The first-order valence-electron chi connectivity index (χ1n) is 6.10. The number of carbonyl (C=O) groups excluding carboxylic acids is 2. The van der Waals surface area contributed by atoms with Gasteiger partial charge in [-0.15, -0.1) is 11.3 Å². The fraction of sp³-hybridized carbons (Fsp3) is 0.214. The van der Waals surface area contributed by atoms with Crippen LogP contribution in [-0.2, 0) is 0 Å². The number of Topliss-reactive ketones (excluding diaryl/α,β-unsaturated/α-hetero) is 1. The summed E-state index contributed by atoms with van der Waals surface area (Å²) in [6, 6.07) is 6.54. The number of anilines is 1. The number of nitrogens with one attached hydrogen (secondary N) is 1. The number of hydrogen-bond donors (Lipinski definition) is 2. The zero-order chi connectivity index (χ0) is 14.7. The van der Waals surface area contributed by atoms with Gasteiger partial charge in [0.05, 0.1) is 6.04 Å². The van der Waals surface area contributed by atoms with E-state index in [1.807, 2.05) is 6.92 Å². The summed E-state index contributed by atoms with van der Waals surface area (Å²) in [4.78, 5) is 27.3. The summed E-state index contributed by atoms with van der Waals surface area (Å²) in [5, 5.41) is 5.13. The molecule has 0 radical (unpaired) electrons. The fourth-order valence-electron chi connectivity index (χ4n) is 1.58. The summed E-state index contributed by atoms with van der Waals surface area (Å²) in [6.45, 7) is 3.32. The van der Waals surface area contributed by atoms with E-state index in [9.17, 15) is 9.59 Å². The van der Waals surface area contributed by atoms with E-state index in [0.717, 1.165) is 5.01 Å². The van der Waals surface area contributed by atoms with Crippen LogP contribution >= 0.6 is 11.3 Å². The molecule has 0 saturated heterocycles. The molecule has 0 aliphatic rings. The minimum atomic E-state index is -0.288. The lowest BCUT2D eigenvalue weighted by Gasteiger charge is -2.04. The average Bonchev–Trinajstić information content (AvgIpc) is 2.89. The molecule has 5 nitrogen and oxygen atoms in total. The maximum atomic E-state index is 12.0. The number of thiazole rings is 1. The number of ketones is 1. The second-order valence-corrected chi connectivity index (χ2v) is 5.34. The third-order valence-corrected chi connectivity index (χ3v) is 3.74. The molecule has 2 aromatic rings. The minimum Gasteiger partial charge on any atom is -0.322 e. The molecule has 1 aromatic heterocycles. The normalized spacial score (nSPS) is 11.9. The first-order valence-corrected chi connectivity index (χ1v) is 6.98. The third kappa shape index (κ3) is 3.28. The maximum Gasteiger partial charge on any atom is 0.275 e. The third-order valence-electron chi connectivity index (χ3n) is 2.69. The highest BCUT2D eigenvalue weighted by molar-refractivity contribution is 7.09. The molecule has 1 atom stereocenters. The lowest BCUT2D eigenvalue weighted by molar-refractivity contribution is 0.101. The van der Waals surface area contributed by atoms with Crippen LogP contribution in [0.25, 0.3) is 0 Å². The van der Waals surface area contributed by atoms with Crippen molar-refractivity contribution in [1.29, 1.82) is 0 Å². The predicted octanol–water partition coefficient (Wildman–Crippen LogP) is 2.62. The Labute approximate surface area is 120 Å². The molecule has 104 valence electrons. The molecule has 2 rings (SSSR count). The van der Waals surface area contributed by atoms with Crippen LogP contribution in [0, 0.1) is 0 Å². The van der Waals surface area contributed by atoms with Gasteiger partial charge >= 0.3 is 0 Å². The standard InChI is InChI=1S/C14H15N3O2S/c1-8(15)14-17-12(7-20-14)13(19)16-11-5-3-10(4-6-11)9(2)18/h3-8H,15H2,1-2H3,(H,16,19). The number of carbonyl (C=O) groups is 2. The molecule has 1 heterocycles. The molecule has 1 amide bonds. The molecule has 0 saturated carbocycles. The Balaban J connectivity index is 2.08. The lowest BCUT2D eigenvalue weighted by Crippen LogP contribution is -2.13. The van der Waals surface area contributed by atoms with E-state index in [-0.39, 0.29) is 17.7 Å². The van der Waals surface area contributed by atoms with Crippen molar-refractivity contribution in [3.63, 3.8) is 0 Å². The van der Waals surface area contributed by atoms with Gasteiger partial charge in [-0.25, -0.2) is 4.98 Å². The van der Waals surface area contributed by atoms with Gasteiger partial charge < -0.3 is 11.1 Å². The maximum absolute atomic E-state index is 12.0. The molecule has 1 unspecified atom stereocenters. The van der Waals surface area contributed by atoms with Crippen molar-refractivity contribution in [1.82, 2.24) is 4.98 Å². The second-order valence-electron chi connectivity index (χ2n) is 4.45. The second kappa shape index (κ2) is 5.94. The van der Waals surface area contributed by atoms with Crippen molar-refractivity contribution in [3.05, 3.63) is 45.9 Å². The highest BCUT2D eigenvalue weighted by Gasteiger charge is 2.13. The van der Waals surface area contributed by atoms with Crippen LogP contribution in [-0.4, -0.2) is 16.7 Å². The molecule has 6 heteroatoms. The van der Waals surface area contributed by atoms with E-state index in [1.54, 1.807) is 29.6 Å². The van der Waals surface area contributed by atoms with E-state index in [0.29, 0.717) is 16.9 Å². The van der Waals surface area contributed by atoms with Crippen LogP contribution in [0.4, 0.5) is 5.69 Å². The largest absolute Gasteiger partial charge is 0.322 e. The van der Waals surface area contributed by atoms with Crippen LogP contribution in [0.5, 0.6) is 0 Å². The first-order chi connectivity index (χ1) is 9.47. The van der Waals surface area contributed by atoms with E-state index < -0.39 is 0 Å². The van der Waals surface area contributed by atoms with Gasteiger partial charge in [-0.3, -0.25) is 9.59 Å². The van der Waals surface area contributed by atoms with Gasteiger partial charge in [-0.1, -0.05) is 0 Å². The van der Waals surface area contributed by atoms with Crippen LogP contribution in [0.1, 0.15) is 45.7 Å². The van der Waals surface area contributed by atoms with Crippen molar-refractivity contribution in [2.75, 3.05) is 5.32 Å². The monoisotopic (exact) mass is 289 g/mol. The Kier molecular flexibility index (Phi) is 4.26. The van der Waals surface area contributed by atoms with Crippen LogP contribution in [0.2, 0.25) is 0 Å². The lowest BCUT2D eigenvalue weighted by atomic mass is 10.1. The van der Waals surface area contributed by atoms with Gasteiger partial charge in [-0.2, -0.15) is 0 Å². The summed E-state index contributed by atoms with van der Waals surface area (Å²) in [6.07, 6.45) is 0. The van der Waals surface area contributed by atoms with Crippen molar-refractivity contribution >= 4 is 28.7 Å². The SMILES string of the molecule is CC(=O)c1ccc(NC(=O)c2csc(C(C)N)n2)cc1. The van der Waals surface area contributed by atoms with E-state index in [2.05, 4.69) is 10.3 Å². The zero-order valence-electron chi connectivity index (χ0n) is 11.2. The Hall–Kier alpha value is -2.05. The van der Waals surface area contributed by atoms with Gasteiger partial charge in [0.1, 0.15) is 10.7 Å². The number of benzene rings is 1. The number of rotatable bonds is 4. The van der Waals surface area contributed by atoms with Gasteiger partial charge in [0, 0.05) is 16.6 Å². The van der Waals surface area contributed by atoms with Crippen molar-refractivity contribution < 1.29 is 9.59 Å². The van der Waals surface area contributed by atoms with Gasteiger partial charge in [-0.05, 0) is 38.1 Å². The summed E-state index contributed by atoms with van der Waals surface area (Å²) in [7, 11) is 0. The van der Waals surface area contributed by atoms with Crippen molar-refractivity contribution in [2.45, 2.75) is 19.9 Å². The summed E-state index contributed by atoms with van der Waals surface area (Å²) in [5.74, 6) is -0.298. The number of amides is 1. The summed E-state index contributed by atoms with van der Waals surface area (Å²) in [5.41, 5.74) is 7.28. The first kappa shape index (κ1) is 14.4. The summed E-state index contributed by atoms with van der Waals surface area (Å²) >= 11 is 1.36. The summed E-state index contributed by atoms with van der Waals surface area (Å²) < 4.78 is 0. The predicted molar refractivity (Wildman–Crippen MR) is 79.1 cm³/mol. The zero-order valence-corrected chi connectivity index (χ0v) is 12.0. The number of aromatic nitrogens is 1. The molecule has 0 aliphatic carbocycles. The molecule has 0 spiro atoms. The number of nitrogens with zero attached hydrogens (tertiary/aromatic N) is 1. The van der Waals surface area contributed by atoms with Gasteiger partial charge in [0.15, 0.2) is 5.78 Å². The topological polar surface area (TPSA) is 85.1 Å². The Bertz CT molecular complexity index is 632. The van der Waals surface area contributed by atoms with E-state index in [1.165, 1.54) is 18.3 Å². The Morgan fingerprint density at radius 1 is 1.30 bits per heavy atom. The average molecular weight is 289 g/mol. The van der Waals surface area contributed by atoms with Crippen molar-refractivity contribution in [3.8, 4) is 0 Å². The smallest absolute Gasteiger partial charge is 0.275 e. The molecular formula is C14H15N3O2S. The molecule has 3 N–H and O–H groups in total. The highest BCUT2D eigenvalue weighted by Crippen LogP contribution is 2.17. The van der Waals surface area contributed by atoms with E-state index >= 15 is 0 Å². The van der Waals surface area contributed by atoms with E-state index in [4.69, 9.17) is 5.73 Å². The molecular weight excluding hydrogens is 274 g/mol.